The van der Waals surface area contributed by atoms with E-state index < -0.39 is 30.1 Å². The summed E-state index contributed by atoms with van der Waals surface area (Å²) in [5.74, 6) is -1.61. The lowest BCUT2D eigenvalue weighted by Crippen LogP contribution is -2.27. The quantitative estimate of drug-likeness (QED) is 0.220. The second-order valence-electron chi connectivity index (χ2n) is 7.57. The molecule has 4 N–H and O–H groups in total. The van der Waals surface area contributed by atoms with Crippen molar-refractivity contribution in [3.05, 3.63) is 65.7 Å². The van der Waals surface area contributed by atoms with Crippen molar-refractivity contribution in [3.63, 3.8) is 0 Å². The zero-order chi connectivity index (χ0) is 23.7. The highest BCUT2D eigenvalue weighted by Crippen LogP contribution is 2.17. The fourth-order valence-corrected chi connectivity index (χ4v) is 2.35. The predicted octanol–water partition coefficient (Wildman–Crippen LogP) is 2.71. The van der Waals surface area contributed by atoms with Gasteiger partial charge in [0.15, 0.2) is 12.6 Å². The van der Waals surface area contributed by atoms with Gasteiger partial charge in [0, 0.05) is 6.08 Å². The molecule has 0 aliphatic carbocycles. The molecule has 0 aliphatic rings. The summed E-state index contributed by atoms with van der Waals surface area (Å²) >= 11 is 0. The molecule has 0 spiro atoms. The third-order valence-corrected chi connectivity index (χ3v) is 3.62. The number of nitrogens with two attached hydrogens (primary N) is 2. The SMILES string of the molecule is CC(C)(C)OC(=O)COC(=O)/C=C/c1ccc(OC(=O)c2ccc(N=C(N)N)cc2)cc1. The van der Waals surface area contributed by atoms with Crippen LogP contribution in [0.25, 0.3) is 6.08 Å². The second-order valence-corrected chi connectivity index (χ2v) is 7.57. The average Bonchev–Trinajstić information content (AvgIpc) is 2.70. The Kier molecular flexibility index (Phi) is 8.11. The maximum atomic E-state index is 12.2. The topological polar surface area (TPSA) is 143 Å². The molecule has 0 saturated heterocycles. The molecule has 0 unspecified atom stereocenters. The second kappa shape index (κ2) is 10.8. The highest BCUT2D eigenvalue weighted by Gasteiger charge is 2.17. The Balaban J connectivity index is 1.87. The van der Waals surface area contributed by atoms with Crippen molar-refractivity contribution in [1.82, 2.24) is 0 Å². The Bertz CT molecular complexity index is 1020. The van der Waals surface area contributed by atoms with Crippen LogP contribution in [0, 0.1) is 0 Å². The van der Waals surface area contributed by atoms with E-state index in [1.165, 1.54) is 12.2 Å². The fourth-order valence-electron chi connectivity index (χ4n) is 2.35. The number of nitrogens with zero attached hydrogens (tertiary/aromatic N) is 1. The number of rotatable bonds is 7. The maximum Gasteiger partial charge on any atom is 0.344 e. The third kappa shape index (κ3) is 8.70. The molecule has 2 aromatic rings. The smallest absolute Gasteiger partial charge is 0.344 e. The van der Waals surface area contributed by atoms with E-state index in [0.717, 1.165) is 0 Å². The first kappa shape index (κ1) is 24.1. The summed E-state index contributed by atoms with van der Waals surface area (Å²) in [4.78, 5) is 39.4. The molecule has 9 heteroatoms. The van der Waals surface area contributed by atoms with Crippen LogP contribution in [0.15, 0.2) is 59.6 Å². The number of ether oxygens (including phenoxy) is 3. The van der Waals surface area contributed by atoms with Gasteiger partial charge in [-0.25, -0.2) is 19.4 Å². The van der Waals surface area contributed by atoms with Crippen molar-refractivity contribution < 1.29 is 28.6 Å². The van der Waals surface area contributed by atoms with Gasteiger partial charge in [0.2, 0.25) is 0 Å². The van der Waals surface area contributed by atoms with E-state index in [0.29, 0.717) is 22.6 Å². The third-order valence-electron chi connectivity index (χ3n) is 3.62. The van der Waals surface area contributed by atoms with Crippen molar-refractivity contribution in [2.75, 3.05) is 6.61 Å². The van der Waals surface area contributed by atoms with Gasteiger partial charge in [-0.3, -0.25) is 0 Å². The molecule has 9 nitrogen and oxygen atoms in total. The summed E-state index contributed by atoms with van der Waals surface area (Å²) in [6, 6.07) is 12.7. The summed E-state index contributed by atoms with van der Waals surface area (Å²) in [6.45, 7) is 4.69. The first-order valence-electron chi connectivity index (χ1n) is 9.60. The van der Waals surface area contributed by atoms with Crippen LogP contribution in [-0.2, 0) is 19.1 Å². The van der Waals surface area contributed by atoms with Crippen LogP contribution in [0.2, 0.25) is 0 Å². The Morgan fingerprint density at radius 3 is 2.16 bits per heavy atom. The Labute approximate surface area is 185 Å². The molecule has 0 aliphatic heterocycles. The monoisotopic (exact) mass is 439 g/mol. The van der Waals surface area contributed by atoms with Gasteiger partial charge in [-0.2, -0.15) is 0 Å². The fraction of sp³-hybridized carbons (Fsp3) is 0.217. The van der Waals surface area contributed by atoms with E-state index in [4.69, 9.17) is 25.7 Å². The molecular formula is C23H25N3O6. The number of esters is 3. The lowest BCUT2D eigenvalue weighted by Gasteiger charge is -2.19. The van der Waals surface area contributed by atoms with Crippen LogP contribution in [0.4, 0.5) is 5.69 Å². The van der Waals surface area contributed by atoms with Gasteiger partial charge in [0.25, 0.3) is 0 Å². The van der Waals surface area contributed by atoms with E-state index >= 15 is 0 Å². The molecule has 0 heterocycles. The normalized spacial score (nSPS) is 11.0. The molecule has 32 heavy (non-hydrogen) atoms. The van der Waals surface area contributed by atoms with Gasteiger partial charge in [-0.15, -0.1) is 0 Å². The minimum atomic E-state index is -0.685. The van der Waals surface area contributed by atoms with Crippen LogP contribution < -0.4 is 16.2 Å². The Morgan fingerprint density at radius 2 is 1.59 bits per heavy atom. The predicted molar refractivity (Wildman–Crippen MR) is 119 cm³/mol. The minimum Gasteiger partial charge on any atom is -0.457 e. The molecule has 0 fully saturated rings. The van der Waals surface area contributed by atoms with Gasteiger partial charge < -0.3 is 25.7 Å². The molecule has 0 bridgehead atoms. The van der Waals surface area contributed by atoms with E-state index in [2.05, 4.69) is 4.99 Å². The van der Waals surface area contributed by atoms with Crippen molar-refractivity contribution in [2.45, 2.75) is 26.4 Å². The Morgan fingerprint density at radius 1 is 0.969 bits per heavy atom. The largest absolute Gasteiger partial charge is 0.457 e. The van der Waals surface area contributed by atoms with Crippen molar-refractivity contribution >= 4 is 35.6 Å². The number of benzene rings is 2. The maximum absolute atomic E-state index is 12.2. The summed E-state index contributed by atoms with van der Waals surface area (Å²) in [5, 5.41) is 0. The van der Waals surface area contributed by atoms with Crippen molar-refractivity contribution in [3.8, 4) is 5.75 Å². The van der Waals surface area contributed by atoms with Crippen LogP contribution in [0.1, 0.15) is 36.7 Å². The van der Waals surface area contributed by atoms with Crippen molar-refractivity contribution in [2.24, 2.45) is 16.5 Å². The molecule has 168 valence electrons. The van der Waals surface area contributed by atoms with E-state index in [1.807, 2.05) is 0 Å². The summed E-state index contributed by atoms with van der Waals surface area (Å²) in [6.07, 6.45) is 2.69. The number of hydrogen-bond acceptors (Lipinski definition) is 7. The van der Waals surface area contributed by atoms with E-state index in [1.54, 1.807) is 69.3 Å². The zero-order valence-electron chi connectivity index (χ0n) is 18.0. The summed E-state index contributed by atoms with van der Waals surface area (Å²) < 4.78 is 15.2. The van der Waals surface area contributed by atoms with E-state index in [-0.39, 0.29) is 5.96 Å². The van der Waals surface area contributed by atoms with Crippen LogP contribution >= 0.6 is 0 Å². The molecule has 0 radical (unpaired) electrons. The van der Waals surface area contributed by atoms with Crippen LogP contribution in [-0.4, -0.2) is 36.1 Å². The van der Waals surface area contributed by atoms with Gasteiger partial charge in [0.1, 0.15) is 11.4 Å². The molecule has 0 atom stereocenters. The lowest BCUT2D eigenvalue weighted by molar-refractivity contribution is -0.164. The standard InChI is InChI=1S/C23H25N3O6/c1-23(2,3)32-20(28)14-30-19(27)13-6-15-4-11-18(12-5-15)31-21(29)16-7-9-17(10-8-16)26-22(24)25/h4-13H,14H2,1-3H3,(H4,24,25,26)/b13-6+. The Hall–Kier alpha value is -4.14. The highest BCUT2D eigenvalue weighted by molar-refractivity contribution is 5.92. The number of hydrogen-bond donors (Lipinski definition) is 2. The molecule has 2 rings (SSSR count). The number of guanidine groups is 1. The number of carbonyl (C=O) groups excluding carboxylic acids is 3. The van der Waals surface area contributed by atoms with Gasteiger partial charge in [-0.1, -0.05) is 12.1 Å². The molecule has 2 aromatic carbocycles. The molecule has 0 saturated carbocycles. The highest BCUT2D eigenvalue weighted by atomic mass is 16.6. The minimum absolute atomic E-state index is 0.0780. The first-order valence-corrected chi connectivity index (χ1v) is 9.60. The van der Waals surface area contributed by atoms with Gasteiger partial charge >= 0.3 is 17.9 Å². The molecule has 0 amide bonds. The van der Waals surface area contributed by atoms with Crippen LogP contribution in [0.5, 0.6) is 5.75 Å². The van der Waals surface area contributed by atoms with Crippen molar-refractivity contribution in [1.29, 1.82) is 0 Å². The zero-order valence-corrected chi connectivity index (χ0v) is 18.0. The summed E-state index contributed by atoms with van der Waals surface area (Å²) in [7, 11) is 0. The van der Waals surface area contributed by atoms with Gasteiger partial charge in [-0.05, 0) is 68.8 Å². The molecule has 0 aromatic heterocycles. The van der Waals surface area contributed by atoms with Crippen LogP contribution in [0.3, 0.4) is 0 Å². The average molecular weight is 439 g/mol. The van der Waals surface area contributed by atoms with Gasteiger partial charge in [0.05, 0.1) is 11.3 Å². The number of aliphatic imine (C=N–C) groups is 1. The number of carbonyl (C=O) groups is 3. The first-order chi connectivity index (χ1) is 15.0. The molecular weight excluding hydrogens is 414 g/mol. The lowest BCUT2D eigenvalue weighted by atomic mass is 10.2. The van der Waals surface area contributed by atoms with E-state index in [9.17, 15) is 14.4 Å². The summed E-state index contributed by atoms with van der Waals surface area (Å²) in [5.41, 5.74) is 11.5.